The van der Waals surface area contributed by atoms with Gasteiger partial charge in [0.2, 0.25) is 0 Å². The van der Waals surface area contributed by atoms with Gasteiger partial charge in [0.05, 0.1) is 6.04 Å². The molecule has 1 saturated heterocycles. The van der Waals surface area contributed by atoms with Crippen LogP contribution in [-0.2, 0) is 0 Å². The molecule has 1 aliphatic carbocycles. The minimum atomic E-state index is 0.424. The molecule has 1 aliphatic heterocycles. The highest BCUT2D eigenvalue weighted by atomic mass is 15.2. The SMILES string of the molecule is CC1=CC(N2CCNCC2)c2ccc(C)cc2C=C1. The van der Waals surface area contributed by atoms with Crippen molar-refractivity contribution in [2.75, 3.05) is 26.2 Å². The smallest absolute Gasteiger partial charge is 0.0544 e. The third-order valence-electron chi connectivity index (χ3n) is 4.05. The van der Waals surface area contributed by atoms with Gasteiger partial charge in [-0.05, 0) is 25.0 Å². The van der Waals surface area contributed by atoms with Crippen LogP contribution in [0.25, 0.3) is 6.08 Å². The van der Waals surface area contributed by atoms with E-state index >= 15 is 0 Å². The minimum Gasteiger partial charge on any atom is -0.314 e. The van der Waals surface area contributed by atoms with Crippen LogP contribution in [0.4, 0.5) is 0 Å². The van der Waals surface area contributed by atoms with Crippen LogP contribution in [0.15, 0.2) is 35.9 Å². The van der Waals surface area contributed by atoms with Crippen LogP contribution in [0, 0.1) is 6.92 Å². The van der Waals surface area contributed by atoms with Crippen molar-refractivity contribution >= 4 is 6.08 Å². The summed E-state index contributed by atoms with van der Waals surface area (Å²) in [6.45, 7) is 8.81. The first-order valence-electron chi connectivity index (χ1n) is 7.16. The van der Waals surface area contributed by atoms with Crippen LogP contribution in [0.3, 0.4) is 0 Å². The number of hydrogen-bond donors (Lipinski definition) is 1. The lowest BCUT2D eigenvalue weighted by atomic mass is 9.97. The lowest BCUT2D eigenvalue weighted by molar-refractivity contribution is 0.203. The molecule has 100 valence electrons. The molecule has 0 bridgehead atoms. The Hall–Kier alpha value is -1.38. The summed E-state index contributed by atoms with van der Waals surface area (Å²) in [7, 11) is 0. The van der Waals surface area contributed by atoms with Gasteiger partial charge in [-0.2, -0.15) is 0 Å². The van der Waals surface area contributed by atoms with Crippen molar-refractivity contribution in [3.05, 3.63) is 52.6 Å². The Bertz CT molecular complexity index is 522. The molecule has 1 aromatic rings. The van der Waals surface area contributed by atoms with Crippen LogP contribution in [0.1, 0.15) is 29.7 Å². The number of hydrogen-bond acceptors (Lipinski definition) is 2. The van der Waals surface area contributed by atoms with Crippen molar-refractivity contribution in [1.82, 2.24) is 10.2 Å². The van der Waals surface area contributed by atoms with E-state index in [-0.39, 0.29) is 0 Å². The molecule has 1 unspecified atom stereocenters. The van der Waals surface area contributed by atoms with Crippen LogP contribution >= 0.6 is 0 Å². The Morgan fingerprint density at radius 3 is 2.68 bits per heavy atom. The number of benzene rings is 1. The van der Waals surface area contributed by atoms with Gasteiger partial charge in [0.15, 0.2) is 0 Å². The molecule has 0 saturated carbocycles. The van der Waals surface area contributed by atoms with Gasteiger partial charge in [0, 0.05) is 26.2 Å². The van der Waals surface area contributed by atoms with E-state index in [1.54, 1.807) is 0 Å². The predicted molar refractivity (Wildman–Crippen MR) is 81.2 cm³/mol. The molecule has 2 heteroatoms. The van der Waals surface area contributed by atoms with Gasteiger partial charge < -0.3 is 5.32 Å². The summed E-state index contributed by atoms with van der Waals surface area (Å²) in [4.78, 5) is 2.58. The molecule has 2 nitrogen and oxygen atoms in total. The van der Waals surface area contributed by atoms with E-state index in [1.165, 1.54) is 22.3 Å². The fraction of sp³-hybridized carbons (Fsp3) is 0.412. The van der Waals surface area contributed by atoms with E-state index in [4.69, 9.17) is 0 Å². The first-order valence-corrected chi connectivity index (χ1v) is 7.16. The molecule has 0 radical (unpaired) electrons. The maximum absolute atomic E-state index is 3.44. The second-order valence-electron chi connectivity index (χ2n) is 5.61. The molecular weight excluding hydrogens is 232 g/mol. The average Bonchev–Trinajstić information content (AvgIpc) is 2.59. The lowest BCUT2D eigenvalue weighted by Gasteiger charge is -2.34. The lowest BCUT2D eigenvalue weighted by Crippen LogP contribution is -2.44. The van der Waals surface area contributed by atoms with Crippen molar-refractivity contribution in [3.8, 4) is 0 Å². The highest BCUT2D eigenvalue weighted by molar-refractivity contribution is 5.61. The number of nitrogens with zero attached hydrogens (tertiary/aromatic N) is 1. The largest absolute Gasteiger partial charge is 0.314 e. The molecule has 1 fully saturated rings. The molecule has 19 heavy (non-hydrogen) atoms. The zero-order chi connectivity index (χ0) is 13.2. The van der Waals surface area contributed by atoms with Crippen molar-refractivity contribution < 1.29 is 0 Å². The van der Waals surface area contributed by atoms with Gasteiger partial charge in [-0.1, -0.05) is 47.6 Å². The van der Waals surface area contributed by atoms with E-state index in [0.29, 0.717) is 6.04 Å². The van der Waals surface area contributed by atoms with Gasteiger partial charge in [0.25, 0.3) is 0 Å². The number of piperazine rings is 1. The molecule has 1 atom stereocenters. The van der Waals surface area contributed by atoms with Crippen molar-refractivity contribution in [2.45, 2.75) is 19.9 Å². The van der Waals surface area contributed by atoms with Crippen LogP contribution < -0.4 is 5.32 Å². The van der Waals surface area contributed by atoms with Crippen LogP contribution in [0.2, 0.25) is 0 Å². The van der Waals surface area contributed by atoms with Crippen molar-refractivity contribution in [3.63, 3.8) is 0 Å². The van der Waals surface area contributed by atoms with Gasteiger partial charge in [-0.15, -0.1) is 0 Å². The second-order valence-corrected chi connectivity index (χ2v) is 5.61. The molecule has 1 heterocycles. The Labute approximate surface area is 115 Å². The van der Waals surface area contributed by atoms with E-state index in [9.17, 15) is 0 Å². The first-order chi connectivity index (χ1) is 9.24. The molecule has 0 amide bonds. The fourth-order valence-electron chi connectivity index (χ4n) is 2.99. The maximum atomic E-state index is 3.44. The number of fused-ring (bicyclic) bond motifs is 1. The van der Waals surface area contributed by atoms with Crippen molar-refractivity contribution in [1.29, 1.82) is 0 Å². The fourth-order valence-corrected chi connectivity index (χ4v) is 2.99. The van der Waals surface area contributed by atoms with E-state index in [2.05, 4.69) is 60.5 Å². The molecule has 0 spiro atoms. The van der Waals surface area contributed by atoms with E-state index in [0.717, 1.165) is 26.2 Å². The number of rotatable bonds is 1. The zero-order valence-corrected chi connectivity index (χ0v) is 11.8. The summed E-state index contributed by atoms with van der Waals surface area (Å²) in [5.74, 6) is 0. The Morgan fingerprint density at radius 1 is 1.11 bits per heavy atom. The van der Waals surface area contributed by atoms with E-state index < -0.39 is 0 Å². The molecule has 1 N–H and O–H groups in total. The van der Waals surface area contributed by atoms with Crippen LogP contribution in [-0.4, -0.2) is 31.1 Å². The Morgan fingerprint density at radius 2 is 1.89 bits per heavy atom. The Kier molecular flexibility index (Phi) is 3.54. The van der Waals surface area contributed by atoms with Gasteiger partial charge in [-0.3, -0.25) is 4.90 Å². The third-order valence-corrected chi connectivity index (χ3v) is 4.05. The average molecular weight is 254 g/mol. The molecule has 1 aromatic carbocycles. The summed E-state index contributed by atoms with van der Waals surface area (Å²) < 4.78 is 0. The first kappa shape index (κ1) is 12.6. The number of allylic oxidation sites excluding steroid dienone is 2. The summed E-state index contributed by atoms with van der Waals surface area (Å²) >= 11 is 0. The van der Waals surface area contributed by atoms with Crippen LogP contribution in [0.5, 0.6) is 0 Å². The monoisotopic (exact) mass is 254 g/mol. The number of nitrogens with one attached hydrogen (secondary N) is 1. The standard InChI is InChI=1S/C17H22N2/c1-13-4-6-16-15(11-13)5-3-14(2)12-17(16)19-9-7-18-8-10-19/h3-6,11-12,17-18H,7-10H2,1-2H3. The van der Waals surface area contributed by atoms with Gasteiger partial charge in [-0.25, -0.2) is 0 Å². The summed E-state index contributed by atoms with van der Waals surface area (Å²) in [5, 5.41) is 3.44. The molecule has 2 aliphatic rings. The third kappa shape index (κ3) is 2.65. The quantitative estimate of drug-likeness (QED) is 0.829. The normalized spacial score (nSPS) is 23.7. The van der Waals surface area contributed by atoms with Gasteiger partial charge in [0.1, 0.15) is 0 Å². The highest BCUT2D eigenvalue weighted by Gasteiger charge is 2.23. The molecule has 3 rings (SSSR count). The highest BCUT2D eigenvalue weighted by Crippen LogP contribution is 2.31. The Balaban J connectivity index is 2.01. The summed E-state index contributed by atoms with van der Waals surface area (Å²) in [5.41, 5.74) is 5.51. The summed E-state index contributed by atoms with van der Waals surface area (Å²) in [6.07, 6.45) is 6.90. The van der Waals surface area contributed by atoms with Gasteiger partial charge >= 0.3 is 0 Å². The predicted octanol–water partition coefficient (Wildman–Crippen LogP) is 2.91. The number of aryl methyl sites for hydroxylation is 1. The molecular formula is C17H22N2. The second kappa shape index (κ2) is 5.32. The summed E-state index contributed by atoms with van der Waals surface area (Å²) in [6, 6.07) is 7.26. The van der Waals surface area contributed by atoms with Crippen molar-refractivity contribution in [2.24, 2.45) is 0 Å². The minimum absolute atomic E-state index is 0.424. The maximum Gasteiger partial charge on any atom is 0.0544 e. The van der Waals surface area contributed by atoms with E-state index in [1.807, 2.05) is 0 Å². The topological polar surface area (TPSA) is 15.3 Å². The molecule has 0 aromatic heterocycles. The zero-order valence-electron chi connectivity index (χ0n) is 11.8.